The van der Waals surface area contributed by atoms with Crippen LogP contribution in [0.2, 0.25) is 0 Å². The van der Waals surface area contributed by atoms with Gasteiger partial charge >= 0.3 is 5.97 Å². The van der Waals surface area contributed by atoms with Crippen LogP contribution in [0.1, 0.15) is 52.4 Å². The Bertz CT molecular complexity index is 410. The molecule has 0 bridgehead atoms. The third-order valence-electron chi connectivity index (χ3n) is 4.67. The summed E-state index contributed by atoms with van der Waals surface area (Å²) in [6.45, 7) is 3.84. The molecule has 2 fully saturated rings. The molecule has 1 heterocycles. The minimum atomic E-state index is -0.942. The number of likely N-dealkylation sites (tertiary alicyclic amines) is 1. The van der Waals surface area contributed by atoms with Gasteiger partial charge in [0.25, 0.3) is 0 Å². The minimum absolute atomic E-state index is 0.119. The summed E-state index contributed by atoms with van der Waals surface area (Å²) in [5, 5.41) is 8.99. The van der Waals surface area contributed by atoms with Crippen molar-refractivity contribution in [2.45, 2.75) is 58.4 Å². The number of amides is 2. The van der Waals surface area contributed by atoms with Gasteiger partial charge in [-0.1, -0.05) is 13.8 Å². The van der Waals surface area contributed by atoms with Crippen LogP contribution < -0.4 is 0 Å². The average molecular weight is 267 g/mol. The summed E-state index contributed by atoms with van der Waals surface area (Å²) in [5.41, 5.74) is -0.595. The Labute approximate surface area is 113 Å². The standard InChI is InChI=1S/C14H21NO4/c1-3-14(4-2)8-11(16)15(13(14)19)10(7-12(17)18)9-5-6-9/h9-10H,3-8H2,1-2H3,(H,17,18). The number of aliphatic carboxylic acids is 1. The van der Waals surface area contributed by atoms with Crippen LogP contribution in [-0.2, 0) is 14.4 Å². The number of carbonyl (C=O) groups excluding carboxylic acids is 2. The number of imide groups is 1. The highest BCUT2D eigenvalue weighted by Gasteiger charge is 2.53. The summed E-state index contributed by atoms with van der Waals surface area (Å²) in [6.07, 6.45) is 3.22. The van der Waals surface area contributed by atoms with E-state index in [9.17, 15) is 14.4 Å². The zero-order valence-corrected chi connectivity index (χ0v) is 11.5. The first kappa shape index (κ1) is 14.0. The van der Waals surface area contributed by atoms with Crippen LogP contribution in [0.3, 0.4) is 0 Å². The topological polar surface area (TPSA) is 74.7 Å². The SMILES string of the molecule is CCC1(CC)CC(=O)N(C(CC(=O)O)C2CC2)C1=O. The number of carbonyl (C=O) groups is 3. The minimum Gasteiger partial charge on any atom is -0.481 e. The molecule has 5 nitrogen and oxygen atoms in total. The molecule has 1 atom stereocenters. The smallest absolute Gasteiger partial charge is 0.305 e. The molecule has 0 aromatic carbocycles. The van der Waals surface area contributed by atoms with Crippen molar-refractivity contribution in [2.24, 2.45) is 11.3 Å². The van der Waals surface area contributed by atoms with Crippen molar-refractivity contribution < 1.29 is 19.5 Å². The second-order valence-corrected chi connectivity index (χ2v) is 5.74. The zero-order chi connectivity index (χ0) is 14.2. The molecule has 1 saturated heterocycles. The normalized spacial score (nSPS) is 23.8. The van der Waals surface area contributed by atoms with Crippen LogP contribution >= 0.6 is 0 Å². The fourth-order valence-electron chi connectivity index (χ4n) is 3.09. The summed E-state index contributed by atoms with van der Waals surface area (Å²) >= 11 is 0. The highest BCUT2D eigenvalue weighted by atomic mass is 16.4. The molecule has 1 unspecified atom stereocenters. The molecular formula is C14H21NO4. The zero-order valence-electron chi connectivity index (χ0n) is 11.5. The summed E-state index contributed by atoms with van der Waals surface area (Å²) in [5.74, 6) is -1.09. The van der Waals surface area contributed by atoms with E-state index in [1.54, 1.807) is 0 Å². The average Bonchev–Trinajstić information content (AvgIpc) is 3.15. The van der Waals surface area contributed by atoms with E-state index in [0.29, 0.717) is 12.8 Å². The lowest BCUT2D eigenvalue weighted by atomic mass is 9.81. The van der Waals surface area contributed by atoms with Gasteiger partial charge < -0.3 is 5.11 Å². The van der Waals surface area contributed by atoms with Crippen LogP contribution in [0.5, 0.6) is 0 Å². The molecule has 0 aromatic heterocycles. The fraction of sp³-hybridized carbons (Fsp3) is 0.786. The monoisotopic (exact) mass is 267 g/mol. The molecule has 0 spiro atoms. The molecule has 2 amide bonds. The largest absolute Gasteiger partial charge is 0.481 e. The van der Waals surface area contributed by atoms with Crippen LogP contribution in [0, 0.1) is 11.3 Å². The lowest BCUT2D eigenvalue weighted by Gasteiger charge is -2.28. The van der Waals surface area contributed by atoms with Gasteiger partial charge in [-0.25, -0.2) is 0 Å². The number of hydrogen-bond acceptors (Lipinski definition) is 3. The van der Waals surface area contributed by atoms with Gasteiger partial charge in [-0.3, -0.25) is 19.3 Å². The first-order chi connectivity index (χ1) is 8.95. The number of carboxylic acid groups (broad SMARTS) is 1. The second-order valence-electron chi connectivity index (χ2n) is 5.74. The van der Waals surface area contributed by atoms with E-state index in [-0.39, 0.29) is 30.6 Å². The van der Waals surface area contributed by atoms with Gasteiger partial charge in [-0.05, 0) is 31.6 Å². The maximum absolute atomic E-state index is 12.6. The van der Waals surface area contributed by atoms with Gasteiger partial charge in [0.1, 0.15) is 0 Å². The molecule has 1 N–H and O–H groups in total. The fourth-order valence-corrected chi connectivity index (χ4v) is 3.09. The van der Waals surface area contributed by atoms with Crippen LogP contribution in [-0.4, -0.2) is 33.8 Å². The Morgan fingerprint density at radius 3 is 2.32 bits per heavy atom. The van der Waals surface area contributed by atoms with E-state index in [4.69, 9.17) is 5.11 Å². The van der Waals surface area contributed by atoms with Gasteiger partial charge in [0.15, 0.2) is 0 Å². The van der Waals surface area contributed by atoms with Crippen molar-refractivity contribution in [1.29, 1.82) is 0 Å². The predicted octanol–water partition coefficient (Wildman–Crippen LogP) is 1.81. The van der Waals surface area contributed by atoms with Crippen LogP contribution in [0.4, 0.5) is 0 Å². The molecular weight excluding hydrogens is 246 g/mol. The highest BCUT2D eigenvalue weighted by molar-refractivity contribution is 6.06. The van der Waals surface area contributed by atoms with Crippen molar-refractivity contribution in [3.8, 4) is 0 Å². The quantitative estimate of drug-likeness (QED) is 0.745. The van der Waals surface area contributed by atoms with Crippen LogP contribution in [0.15, 0.2) is 0 Å². The highest BCUT2D eigenvalue weighted by Crippen LogP contribution is 2.45. The Morgan fingerprint density at radius 1 is 1.37 bits per heavy atom. The molecule has 1 saturated carbocycles. The van der Waals surface area contributed by atoms with Gasteiger partial charge in [0, 0.05) is 6.42 Å². The van der Waals surface area contributed by atoms with Crippen LogP contribution in [0.25, 0.3) is 0 Å². The van der Waals surface area contributed by atoms with Crippen molar-refractivity contribution in [3.63, 3.8) is 0 Å². The summed E-state index contributed by atoms with van der Waals surface area (Å²) in [4.78, 5) is 37.0. The van der Waals surface area contributed by atoms with Gasteiger partial charge in [-0.15, -0.1) is 0 Å². The molecule has 5 heteroatoms. The molecule has 106 valence electrons. The Hall–Kier alpha value is -1.39. The lowest BCUT2D eigenvalue weighted by Crippen LogP contribution is -2.44. The maximum atomic E-state index is 12.6. The summed E-state index contributed by atoms with van der Waals surface area (Å²) in [7, 11) is 0. The van der Waals surface area contributed by atoms with E-state index in [1.165, 1.54) is 4.90 Å². The van der Waals surface area contributed by atoms with Gasteiger partial charge in [0.05, 0.1) is 17.9 Å². The summed E-state index contributed by atoms with van der Waals surface area (Å²) in [6, 6.07) is -0.433. The van der Waals surface area contributed by atoms with Crippen molar-refractivity contribution >= 4 is 17.8 Å². The molecule has 0 radical (unpaired) electrons. The second kappa shape index (κ2) is 4.94. The van der Waals surface area contributed by atoms with Crippen molar-refractivity contribution in [3.05, 3.63) is 0 Å². The van der Waals surface area contributed by atoms with E-state index in [0.717, 1.165) is 12.8 Å². The number of carboxylic acids is 1. The summed E-state index contributed by atoms with van der Waals surface area (Å²) < 4.78 is 0. The lowest BCUT2D eigenvalue weighted by molar-refractivity contribution is -0.147. The van der Waals surface area contributed by atoms with E-state index >= 15 is 0 Å². The van der Waals surface area contributed by atoms with E-state index in [1.807, 2.05) is 13.8 Å². The maximum Gasteiger partial charge on any atom is 0.305 e. The Balaban J connectivity index is 2.25. The van der Waals surface area contributed by atoms with E-state index in [2.05, 4.69) is 0 Å². The number of rotatable bonds is 6. The molecule has 2 rings (SSSR count). The van der Waals surface area contributed by atoms with Gasteiger partial charge in [-0.2, -0.15) is 0 Å². The molecule has 2 aliphatic rings. The molecule has 19 heavy (non-hydrogen) atoms. The molecule has 0 aromatic rings. The Kier molecular flexibility index (Phi) is 3.65. The Morgan fingerprint density at radius 2 is 1.95 bits per heavy atom. The molecule has 1 aliphatic heterocycles. The number of hydrogen-bond donors (Lipinski definition) is 1. The number of nitrogens with zero attached hydrogens (tertiary/aromatic N) is 1. The third kappa shape index (κ3) is 2.38. The predicted molar refractivity (Wildman–Crippen MR) is 68.2 cm³/mol. The first-order valence-electron chi connectivity index (χ1n) is 7.03. The third-order valence-corrected chi connectivity index (χ3v) is 4.67. The van der Waals surface area contributed by atoms with Crippen molar-refractivity contribution in [1.82, 2.24) is 4.90 Å². The molecule has 1 aliphatic carbocycles. The van der Waals surface area contributed by atoms with Crippen molar-refractivity contribution in [2.75, 3.05) is 0 Å². The van der Waals surface area contributed by atoms with E-state index < -0.39 is 17.4 Å². The van der Waals surface area contributed by atoms with Gasteiger partial charge in [0.2, 0.25) is 11.8 Å². The first-order valence-corrected chi connectivity index (χ1v) is 7.03.